The van der Waals surface area contributed by atoms with E-state index in [1.165, 1.54) is 0 Å². The van der Waals surface area contributed by atoms with E-state index < -0.39 is 14.6 Å². The molecule has 0 bridgehead atoms. The summed E-state index contributed by atoms with van der Waals surface area (Å²) in [5, 5.41) is 65.7. The number of aliphatic hydroxyl groups excluding tert-OH is 2. The molecule has 0 rings (SSSR count). The Morgan fingerprint density at radius 1 is 0.600 bits per heavy atom. The maximum Gasteiger partial charge on any atom is 2.00 e. The van der Waals surface area contributed by atoms with Gasteiger partial charge in [0.05, 0.1) is 13.2 Å². The summed E-state index contributed by atoms with van der Waals surface area (Å²) in [5.74, 6) is 0. The Morgan fingerprint density at radius 2 is 0.667 bits per heavy atom. The van der Waals surface area contributed by atoms with Crippen LogP contribution in [-0.2, 0) is 58.4 Å². The van der Waals surface area contributed by atoms with E-state index in [4.69, 9.17) is 40.4 Å². The number of aliphatic hydroxyl groups is 2. The van der Waals surface area contributed by atoms with Gasteiger partial charge in [0.2, 0.25) is 0 Å². The molecule has 0 atom stereocenters. The van der Waals surface area contributed by atoms with Crippen LogP contribution in [0, 0.1) is 0 Å². The Morgan fingerprint density at radius 3 is 0.667 bits per heavy atom. The first-order chi connectivity index (χ1) is 5.38. The fourth-order valence-electron chi connectivity index (χ4n) is 0. The predicted octanol–water partition coefficient (Wildman–Crippen LogP) is -8.93. The van der Waals surface area contributed by atoms with Gasteiger partial charge in [-0.3, -0.25) is 14.6 Å². The summed E-state index contributed by atoms with van der Waals surface area (Å²) in [6.45, 7) is -0.250. The third-order valence-corrected chi connectivity index (χ3v) is 0.1000. The fraction of sp³-hybridized carbons (Fsp3) is 1.00. The zero-order chi connectivity index (χ0) is 10.6. The zero-order valence-electron chi connectivity index (χ0n) is 8.03. The largest absolute Gasteiger partial charge is 2.00 e. The van der Waals surface area contributed by atoms with Crippen molar-refractivity contribution in [2.45, 2.75) is 0 Å². The summed E-state index contributed by atoms with van der Waals surface area (Å²) < 4.78 is 0. The normalized spacial score (nSPS) is 5.60. The molecule has 0 heterocycles. The molecule has 0 aliphatic carbocycles. The zero-order valence-corrected chi connectivity index (χ0v) is 16.9. The second-order valence-electron chi connectivity index (χ2n) is 1.02. The van der Waals surface area contributed by atoms with E-state index in [1.54, 1.807) is 0 Å². The van der Waals surface area contributed by atoms with Crippen molar-refractivity contribution in [1.82, 2.24) is 0 Å². The number of hydrogen-bond acceptors (Lipinski definition) is 8. The maximum atomic E-state index is 8.42. The van der Waals surface area contributed by atoms with Crippen LogP contribution in [0.15, 0.2) is 0 Å². The minimum absolute atomic E-state index is 0. The molecule has 0 unspecified atom stereocenters. The van der Waals surface area contributed by atoms with E-state index in [0.29, 0.717) is 0 Å². The summed E-state index contributed by atoms with van der Waals surface area (Å²) in [6.07, 6.45) is 0. The van der Waals surface area contributed by atoms with Crippen molar-refractivity contribution < 1.29 is 98.8 Å². The average Bonchev–Trinajstić information content (AvgIpc) is 1.85. The second-order valence-corrected chi connectivity index (χ2v) is 1.02. The molecule has 74 valence electrons. The second kappa shape index (κ2) is 36.1. The van der Waals surface area contributed by atoms with Gasteiger partial charge in [-0.05, 0) is 0 Å². The van der Waals surface area contributed by atoms with Gasteiger partial charge in [-0.15, -0.1) is 0 Å². The van der Waals surface area contributed by atoms with Crippen LogP contribution < -0.4 is 30.1 Å². The molecule has 0 radical (unpaired) electrons. The average molecular weight is 376 g/mol. The van der Waals surface area contributed by atoms with Crippen molar-refractivity contribution >= 4 is 14.6 Å². The van der Waals surface area contributed by atoms with E-state index >= 15 is 0 Å². The first kappa shape index (κ1) is 36.0. The Bertz CT molecular complexity index is 56.3. The van der Waals surface area contributed by atoms with Crippen molar-refractivity contribution in [3.05, 3.63) is 0 Å². The van der Waals surface area contributed by atoms with Gasteiger partial charge in [0.1, 0.15) is 0 Å². The Hall–Kier alpha value is 1.68. The van der Waals surface area contributed by atoms with E-state index in [-0.39, 0.29) is 71.6 Å². The molecular weight excluding hydrogens is 370 g/mol. The third kappa shape index (κ3) is 409. The summed E-state index contributed by atoms with van der Waals surface area (Å²) in [4.78, 5) is 0. The monoisotopic (exact) mass is 372 g/mol. The molecule has 0 saturated heterocycles. The van der Waals surface area contributed by atoms with Gasteiger partial charge in [-0.25, -0.2) is 0 Å². The molecular formula is C2H6B2O8Zn3. The molecule has 15 heavy (non-hydrogen) atoms. The summed E-state index contributed by atoms with van der Waals surface area (Å²) in [5.41, 5.74) is 0. The standard InChI is InChI=1S/C2H6O2.2BO3.3Zn/c3-1-2-4;2*2-1(3)4;;;/h3-4H,1-2H2;;;;;/q;2*-3;3*+2. The predicted molar refractivity (Wildman–Crippen MR) is 25.7 cm³/mol. The smallest absolute Gasteiger partial charge is 0.907 e. The fourth-order valence-corrected chi connectivity index (χ4v) is 0. The van der Waals surface area contributed by atoms with Crippen LogP contribution >= 0.6 is 0 Å². The van der Waals surface area contributed by atoms with E-state index in [1.807, 2.05) is 0 Å². The van der Waals surface area contributed by atoms with Gasteiger partial charge in [-0.2, -0.15) is 0 Å². The molecule has 0 aliphatic heterocycles. The first-order valence-corrected chi connectivity index (χ1v) is 2.55. The molecule has 0 aromatic heterocycles. The summed E-state index contributed by atoms with van der Waals surface area (Å²) in [7, 11) is -5.83. The minimum Gasteiger partial charge on any atom is -0.907 e. The molecule has 0 aromatic carbocycles. The topological polar surface area (TPSA) is 179 Å². The van der Waals surface area contributed by atoms with E-state index in [9.17, 15) is 0 Å². The molecule has 0 saturated carbocycles. The van der Waals surface area contributed by atoms with Crippen molar-refractivity contribution in [2.24, 2.45) is 0 Å². The van der Waals surface area contributed by atoms with Crippen LogP contribution in [0.5, 0.6) is 0 Å². The van der Waals surface area contributed by atoms with Crippen LogP contribution in [0.1, 0.15) is 0 Å². The number of rotatable bonds is 1. The maximum absolute atomic E-state index is 8.42. The van der Waals surface area contributed by atoms with E-state index in [0.717, 1.165) is 0 Å². The Labute approximate surface area is 126 Å². The molecule has 0 aliphatic rings. The van der Waals surface area contributed by atoms with Crippen LogP contribution in [0.3, 0.4) is 0 Å². The molecule has 0 aromatic rings. The first-order valence-electron chi connectivity index (χ1n) is 2.55. The third-order valence-electron chi connectivity index (χ3n) is 0.1000. The SMILES string of the molecule is OCCO.[O-]B([O-])[O-].[O-]B([O-])[O-].[Zn+2].[Zn+2].[Zn+2]. The molecule has 2 N–H and O–H groups in total. The van der Waals surface area contributed by atoms with Gasteiger partial charge in [0, 0.05) is 0 Å². The Kier molecular flexibility index (Phi) is 86.4. The van der Waals surface area contributed by atoms with Crippen molar-refractivity contribution in [3.8, 4) is 0 Å². The molecule has 0 fully saturated rings. The van der Waals surface area contributed by atoms with Gasteiger partial charge in [-0.1, -0.05) is 0 Å². The van der Waals surface area contributed by atoms with Gasteiger partial charge < -0.3 is 40.4 Å². The number of hydrogen-bond donors (Lipinski definition) is 2. The summed E-state index contributed by atoms with van der Waals surface area (Å²) in [6, 6.07) is 0. The summed E-state index contributed by atoms with van der Waals surface area (Å²) >= 11 is 0. The van der Waals surface area contributed by atoms with Crippen LogP contribution in [-0.4, -0.2) is 38.1 Å². The minimum atomic E-state index is -2.92. The van der Waals surface area contributed by atoms with Crippen molar-refractivity contribution in [1.29, 1.82) is 0 Å². The van der Waals surface area contributed by atoms with Crippen molar-refractivity contribution in [3.63, 3.8) is 0 Å². The van der Waals surface area contributed by atoms with E-state index in [2.05, 4.69) is 0 Å². The molecule has 0 amide bonds. The van der Waals surface area contributed by atoms with Crippen LogP contribution in [0.2, 0.25) is 0 Å². The van der Waals surface area contributed by atoms with Crippen molar-refractivity contribution in [2.75, 3.05) is 13.2 Å². The molecule has 13 heteroatoms. The van der Waals surface area contributed by atoms with Gasteiger partial charge in [0.25, 0.3) is 0 Å². The van der Waals surface area contributed by atoms with Gasteiger partial charge >= 0.3 is 58.4 Å². The van der Waals surface area contributed by atoms with Crippen LogP contribution in [0.4, 0.5) is 0 Å². The van der Waals surface area contributed by atoms with Gasteiger partial charge in [0.15, 0.2) is 0 Å². The molecule has 8 nitrogen and oxygen atoms in total. The quantitative estimate of drug-likeness (QED) is 0.424. The molecule has 0 spiro atoms. The Balaban J connectivity index is -0.0000000184. The van der Waals surface area contributed by atoms with Crippen LogP contribution in [0.25, 0.3) is 0 Å².